The lowest BCUT2D eigenvalue weighted by molar-refractivity contribution is -0.114. The van der Waals surface area contributed by atoms with Gasteiger partial charge in [-0.1, -0.05) is 19.1 Å². The Morgan fingerprint density at radius 2 is 1.95 bits per heavy atom. The van der Waals surface area contributed by atoms with Gasteiger partial charge in [0.05, 0.1) is 0 Å². The molecule has 0 heterocycles. The molecule has 0 spiro atoms. The third kappa shape index (κ3) is 6.79. The van der Waals surface area contributed by atoms with Gasteiger partial charge in [-0.25, -0.2) is 0 Å². The molecule has 0 aliphatic rings. The molecule has 0 fully saturated rings. The second-order valence-electron chi connectivity index (χ2n) is 5.08. The Bertz CT molecular complexity index is 468. The van der Waals surface area contributed by atoms with Crippen molar-refractivity contribution in [3.63, 3.8) is 0 Å². The normalized spacial score (nSPS) is 12.7. The Balaban J connectivity index is 2.39. The summed E-state index contributed by atoms with van der Waals surface area (Å²) in [5, 5.41) is 9.38. The number of benzene rings is 1. The Morgan fingerprint density at radius 1 is 1.29 bits per heavy atom. The maximum atomic E-state index is 10.9. The average Bonchev–Trinajstić information content (AvgIpc) is 2.47. The number of carbonyl (C=O) groups excluding carboxylic acids is 1. The second kappa shape index (κ2) is 9.00. The van der Waals surface area contributed by atoms with Crippen LogP contribution in [0.1, 0.15) is 32.8 Å². The lowest BCUT2D eigenvalue weighted by Gasteiger charge is -2.16. The van der Waals surface area contributed by atoms with E-state index in [9.17, 15) is 4.79 Å². The zero-order valence-corrected chi connectivity index (χ0v) is 13.4. The molecule has 0 bridgehead atoms. The molecular weight excluding hydrogens is 264 g/mol. The number of amides is 1. The zero-order chi connectivity index (χ0) is 15.7. The maximum absolute atomic E-state index is 10.9. The quantitative estimate of drug-likeness (QED) is 0.555. The monoisotopic (exact) mass is 290 g/mol. The molecule has 1 atom stereocenters. The molecule has 0 saturated carbocycles. The van der Waals surface area contributed by atoms with Gasteiger partial charge in [-0.15, -0.1) is 0 Å². The van der Waals surface area contributed by atoms with Crippen molar-refractivity contribution in [2.75, 3.05) is 18.9 Å². The van der Waals surface area contributed by atoms with Gasteiger partial charge < -0.3 is 16.0 Å². The number of nitrogens with one attached hydrogen (secondary N) is 3. The van der Waals surface area contributed by atoms with E-state index in [4.69, 9.17) is 0 Å². The summed E-state index contributed by atoms with van der Waals surface area (Å²) in [7, 11) is 1.78. The Kier molecular flexibility index (Phi) is 7.29. The van der Waals surface area contributed by atoms with Crippen LogP contribution < -0.4 is 16.0 Å². The number of anilines is 1. The smallest absolute Gasteiger partial charge is 0.221 e. The number of guanidine groups is 1. The van der Waals surface area contributed by atoms with Crippen molar-refractivity contribution in [2.24, 2.45) is 4.99 Å². The summed E-state index contributed by atoms with van der Waals surface area (Å²) in [4.78, 5) is 15.2. The first-order valence-electron chi connectivity index (χ1n) is 7.38. The van der Waals surface area contributed by atoms with Crippen molar-refractivity contribution >= 4 is 17.6 Å². The number of aliphatic imine (C=N–C) groups is 1. The molecule has 21 heavy (non-hydrogen) atoms. The Morgan fingerprint density at radius 3 is 2.48 bits per heavy atom. The van der Waals surface area contributed by atoms with Gasteiger partial charge in [-0.2, -0.15) is 0 Å². The largest absolute Gasteiger partial charge is 0.356 e. The fraction of sp³-hybridized carbons (Fsp3) is 0.500. The molecule has 3 N–H and O–H groups in total. The molecule has 1 amide bonds. The van der Waals surface area contributed by atoms with Crippen LogP contribution >= 0.6 is 0 Å². The van der Waals surface area contributed by atoms with Gasteiger partial charge in [0.1, 0.15) is 0 Å². The molecule has 5 heteroatoms. The van der Waals surface area contributed by atoms with Gasteiger partial charge in [0.25, 0.3) is 0 Å². The van der Waals surface area contributed by atoms with E-state index in [1.165, 1.54) is 12.5 Å². The number of carbonyl (C=O) groups is 1. The van der Waals surface area contributed by atoms with Crippen LogP contribution in [0.3, 0.4) is 0 Å². The second-order valence-corrected chi connectivity index (χ2v) is 5.08. The number of hydrogen-bond donors (Lipinski definition) is 3. The van der Waals surface area contributed by atoms with E-state index in [2.05, 4.69) is 34.8 Å². The molecule has 1 unspecified atom stereocenters. The molecule has 116 valence electrons. The van der Waals surface area contributed by atoms with Crippen LogP contribution in [0.15, 0.2) is 29.3 Å². The first-order valence-corrected chi connectivity index (χ1v) is 7.38. The molecule has 0 aliphatic heterocycles. The van der Waals surface area contributed by atoms with Crippen LogP contribution in [-0.2, 0) is 11.2 Å². The van der Waals surface area contributed by atoms with Crippen LogP contribution in [0.2, 0.25) is 0 Å². The van der Waals surface area contributed by atoms with E-state index >= 15 is 0 Å². The van der Waals surface area contributed by atoms with Crippen LogP contribution in [0.5, 0.6) is 0 Å². The van der Waals surface area contributed by atoms with Crippen LogP contribution in [-0.4, -0.2) is 31.5 Å². The Labute approximate surface area is 127 Å². The molecule has 0 aromatic heterocycles. The standard InChI is InChI=1S/C16H26N4O/c1-5-12(2)19-16(17-4)18-11-10-14-6-8-15(9-7-14)20-13(3)21/h6-9,12H,5,10-11H2,1-4H3,(H,20,21)(H2,17,18,19). The van der Waals surface area contributed by atoms with Gasteiger partial charge >= 0.3 is 0 Å². The van der Waals surface area contributed by atoms with E-state index < -0.39 is 0 Å². The average molecular weight is 290 g/mol. The first-order chi connectivity index (χ1) is 10.0. The molecule has 0 saturated heterocycles. The van der Waals surface area contributed by atoms with Crippen molar-refractivity contribution in [3.05, 3.63) is 29.8 Å². The van der Waals surface area contributed by atoms with E-state index in [1.54, 1.807) is 7.05 Å². The van der Waals surface area contributed by atoms with Crippen LogP contribution in [0.25, 0.3) is 0 Å². The molecular formula is C16H26N4O. The third-order valence-corrected chi connectivity index (χ3v) is 3.20. The molecule has 1 aromatic rings. The van der Waals surface area contributed by atoms with Crippen molar-refractivity contribution in [1.82, 2.24) is 10.6 Å². The van der Waals surface area contributed by atoms with Gasteiger partial charge in [0, 0.05) is 32.2 Å². The van der Waals surface area contributed by atoms with E-state index in [0.29, 0.717) is 6.04 Å². The highest BCUT2D eigenvalue weighted by Crippen LogP contribution is 2.09. The zero-order valence-electron chi connectivity index (χ0n) is 13.4. The minimum absolute atomic E-state index is 0.0515. The van der Waals surface area contributed by atoms with Crippen LogP contribution in [0.4, 0.5) is 5.69 Å². The summed E-state index contributed by atoms with van der Waals surface area (Å²) in [6, 6.07) is 8.30. The molecule has 1 rings (SSSR count). The SMILES string of the molecule is CCC(C)NC(=NC)NCCc1ccc(NC(C)=O)cc1. The minimum Gasteiger partial charge on any atom is -0.356 e. The maximum Gasteiger partial charge on any atom is 0.221 e. The molecule has 0 radical (unpaired) electrons. The van der Waals surface area contributed by atoms with Gasteiger partial charge in [0.2, 0.25) is 5.91 Å². The van der Waals surface area contributed by atoms with Crippen LogP contribution in [0, 0.1) is 0 Å². The van der Waals surface area contributed by atoms with Crippen molar-refractivity contribution < 1.29 is 4.79 Å². The number of rotatable bonds is 6. The van der Waals surface area contributed by atoms with E-state index in [0.717, 1.165) is 31.0 Å². The highest BCUT2D eigenvalue weighted by molar-refractivity contribution is 5.88. The lowest BCUT2D eigenvalue weighted by atomic mass is 10.1. The summed E-state index contributed by atoms with van der Waals surface area (Å²) < 4.78 is 0. The van der Waals surface area contributed by atoms with E-state index in [1.807, 2.05) is 24.3 Å². The lowest BCUT2D eigenvalue weighted by Crippen LogP contribution is -2.42. The summed E-state index contributed by atoms with van der Waals surface area (Å²) in [5.74, 6) is 0.781. The number of hydrogen-bond acceptors (Lipinski definition) is 2. The van der Waals surface area contributed by atoms with Crippen molar-refractivity contribution in [3.8, 4) is 0 Å². The van der Waals surface area contributed by atoms with E-state index in [-0.39, 0.29) is 5.91 Å². The Hall–Kier alpha value is -2.04. The van der Waals surface area contributed by atoms with Crippen molar-refractivity contribution in [1.29, 1.82) is 0 Å². The fourth-order valence-electron chi connectivity index (χ4n) is 1.81. The molecule has 1 aromatic carbocycles. The summed E-state index contributed by atoms with van der Waals surface area (Å²) in [6.07, 6.45) is 1.97. The van der Waals surface area contributed by atoms with Gasteiger partial charge in [-0.3, -0.25) is 9.79 Å². The highest BCUT2D eigenvalue weighted by Gasteiger charge is 2.02. The predicted molar refractivity (Wildman–Crippen MR) is 88.7 cm³/mol. The van der Waals surface area contributed by atoms with Gasteiger partial charge in [-0.05, 0) is 37.5 Å². The summed E-state index contributed by atoms with van der Waals surface area (Å²) >= 11 is 0. The number of nitrogens with zero attached hydrogens (tertiary/aromatic N) is 1. The predicted octanol–water partition coefficient (Wildman–Crippen LogP) is 2.15. The first kappa shape index (κ1) is 17.0. The topological polar surface area (TPSA) is 65.5 Å². The minimum atomic E-state index is -0.0515. The van der Waals surface area contributed by atoms with Crippen molar-refractivity contribution in [2.45, 2.75) is 39.7 Å². The summed E-state index contributed by atoms with van der Waals surface area (Å²) in [5.41, 5.74) is 2.05. The third-order valence-electron chi connectivity index (χ3n) is 3.20. The molecule has 0 aliphatic carbocycles. The fourth-order valence-corrected chi connectivity index (χ4v) is 1.81. The summed E-state index contributed by atoms with van der Waals surface area (Å²) in [6.45, 7) is 6.60. The molecule has 5 nitrogen and oxygen atoms in total. The highest BCUT2D eigenvalue weighted by atomic mass is 16.1. The van der Waals surface area contributed by atoms with Gasteiger partial charge in [0.15, 0.2) is 5.96 Å².